The molecule has 9 heteroatoms. The van der Waals surface area contributed by atoms with Gasteiger partial charge < -0.3 is 15.0 Å². The predicted molar refractivity (Wildman–Crippen MR) is 95.5 cm³/mol. The first kappa shape index (κ1) is 18.7. The Morgan fingerprint density at radius 2 is 1.88 bits per heavy atom. The Hall–Kier alpha value is -2.06. The fourth-order valence-electron chi connectivity index (χ4n) is 2.55. The largest absolute Gasteiger partial charge is 0.573 e. The van der Waals surface area contributed by atoms with Gasteiger partial charge in [-0.15, -0.1) is 24.9 Å². The number of ether oxygens (including phenoxy) is 1. The monoisotopic (exact) mass is 402 g/mol. The number of carbonyl (C=O) groups excluding carboxylic acids is 1. The Kier molecular flexibility index (Phi) is 5.52. The third-order valence-corrected chi connectivity index (χ3v) is 5.25. The topological polar surface area (TPSA) is 41.6 Å². The van der Waals surface area contributed by atoms with E-state index in [2.05, 4.69) is 10.1 Å². The molecule has 0 aliphatic carbocycles. The molecule has 26 heavy (non-hydrogen) atoms. The summed E-state index contributed by atoms with van der Waals surface area (Å²) in [6, 6.07) is 12.0. The number of anilines is 1. The minimum atomic E-state index is -4.75. The summed E-state index contributed by atoms with van der Waals surface area (Å²) in [5.74, 6) is 0.419. The molecule has 0 radical (unpaired) electrons. The van der Waals surface area contributed by atoms with E-state index in [0.29, 0.717) is 17.3 Å². The third kappa shape index (κ3) is 4.56. The first-order chi connectivity index (χ1) is 12.3. The summed E-state index contributed by atoms with van der Waals surface area (Å²) in [4.78, 5) is 14.2. The van der Waals surface area contributed by atoms with Crippen LogP contribution in [0.1, 0.15) is 10.9 Å². The summed E-state index contributed by atoms with van der Waals surface area (Å²) in [5, 5.41) is 3.06. The molecule has 2 amide bonds. The van der Waals surface area contributed by atoms with Gasteiger partial charge in [0.15, 0.2) is 0 Å². The molecule has 4 nitrogen and oxygen atoms in total. The van der Waals surface area contributed by atoms with Gasteiger partial charge in [0.05, 0.1) is 0 Å². The first-order valence-corrected chi connectivity index (χ1v) is 9.05. The molecule has 0 saturated carbocycles. The molecule has 138 valence electrons. The number of nitrogens with one attached hydrogen (secondary N) is 1. The SMILES string of the molecule is O=C(Nc1ccc(OC(F)(F)F)cc1)N1CCSC1c1ccccc1Cl. The number of carbonyl (C=O) groups is 1. The molecule has 1 fully saturated rings. The highest BCUT2D eigenvalue weighted by Crippen LogP contribution is 2.41. The van der Waals surface area contributed by atoms with Gasteiger partial charge in [-0.25, -0.2) is 4.79 Å². The molecule has 2 aromatic rings. The van der Waals surface area contributed by atoms with Crippen molar-refractivity contribution < 1.29 is 22.7 Å². The molecule has 1 N–H and O–H groups in total. The highest BCUT2D eigenvalue weighted by molar-refractivity contribution is 7.99. The number of urea groups is 1. The maximum absolute atomic E-state index is 12.6. The number of hydrogen-bond acceptors (Lipinski definition) is 3. The van der Waals surface area contributed by atoms with Crippen molar-refractivity contribution in [2.24, 2.45) is 0 Å². The van der Waals surface area contributed by atoms with Gasteiger partial charge in [0.1, 0.15) is 11.1 Å². The lowest BCUT2D eigenvalue weighted by atomic mass is 10.2. The minimum absolute atomic E-state index is 0.212. The van der Waals surface area contributed by atoms with Gasteiger partial charge >= 0.3 is 12.4 Å². The average molecular weight is 403 g/mol. The Morgan fingerprint density at radius 3 is 2.54 bits per heavy atom. The summed E-state index contributed by atoms with van der Waals surface area (Å²) in [7, 11) is 0. The van der Waals surface area contributed by atoms with Crippen molar-refractivity contribution in [3.05, 3.63) is 59.1 Å². The normalized spacial score (nSPS) is 17.2. The van der Waals surface area contributed by atoms with Gasteiger partial charge in [-0.2, -0.15) is 0 Å². The lowest BCUT2D eigenvalue weighted by Gasteiger charge is -2.25. The van der Waals surface area contributed by atoms with Crippen LogP contribution in [-0.4, -0.2) is 29.6 Å². The summed E-state index contributed by atoms with van der Waals surface area (Å²) < 4.78 is 40.4. The van der Waals surface area contributed by atoms with Crippen LogP contribution in [0.25, 0.3) is 0 Å². The fourth-order valence-corrected chi connectivity index (χ4v) is 4.14. The zero-order valence-corrected chi connectivity index (χ0v) is 14.9. The Balaban J connectivity index is 1.68. The van der Waals surface area contributed by atoms with Crippen LogP contribution in [0.5, 0.6) is 5.75 Å². The van der Waals surface area contributed by atoms with Gasteiger partial charge in [0.2, 0.25) is 0 Å². The molecular formula is C17H14ClF3N2O2S. The maximum Gasteiger partial charge on any atom is 0.573 e. The first-order valence-electron chi connectivity index (χ1n) is 7.63. The van der Waals surface area contributed by atoms with Crippen LogP contribution >= 0.6 is 23.4 Å². The van der Waals surface area contributed by atoms with Gasteiger partial charge in [-0.05, 0) is 30.3 Å². The quantitative estimate of drug-likeness (QED) is 0.735. The highest BCUT2D eigenvalue weighted by atomic mass is 35.5. The van der Waals surface area contributed by atoms with Gasteiger partial charge in [-0.1, -0.05) is 29.8 Å². The number of benzene rings is 2. The van der Waals surface area contributed by atoms with E-state index in [9.17, 15) is 18.0 Å². The fraction of sp³-hybridized carbons (Fsp3) is 0.235. The second-order valence-corrected chi connectivity index (χ2v) is 7.04. The molecule has 2 aromatic carbocycles. The smallest absolute Gasteiger partial charge is 0.406 e. The van der Waals surface area contributed by atoms with Crippen molar-refractivity contribution in [2.75, 3.05) is 17.6 Å². The number of nitrogens with zero attached hydrogens (tertiary/aromatic N) is 1. The third-order valence-electron chi connectivity index (χ3n) is 3.66. The van der Waals surface area contributed by atoms with E-state index in [1.807, 2.05) is 18.2 Å². The average Bonchev–Trinajstić information content (AvgIpc) is 3.05. The highest BCUT2D eigenvalue weighted by Gasteiger charge is 2.32. The molecule has 1 aliphatic heterocycles. The van der Waals surface area contributed by atoms with Crippen LogP contribution in [0.2, 0.25) is 5.02 Å². The summed E-state index contributed by atoms with van der Waals surface area (Å²) in [5.41, 5.74) is 1.22. The van der Waals surface area contributed by atoms with Crippen LogP contribution in [0.4, 0.5) is 23.7 Å². The van der Waals surface area contributed by atoms with Crippen LogP contribution in [0, 0.1) is 0 Å². The standard InChI is InChI=1S/C17H14ClF3N2O2S/c18-14-4-2-1-3-13(14)15-23(9-10-26-15)16(24)22-11-5-7-12(8-6-11)25-17(19,20)21/h1-8,15H,9-10H2,(H,22,24). The summed E-state index contributed by atoms with van der Waals surface area (Å²) in [6.07, 6.45) is -4.75. The minimum Gasteiger partial charge on any atom is -0.406 e. The molecule has 3 rings (SSSR count). The molecule has 0 spiro atoms. The van der Waals surface area contributed by atoms with E-state index in [4.69, 9.17) is 11.6 Å². The molecule has 0 bridgehead atoms. The second kappa shape index (κ2) is 7.67. The molecule has 0 aromatic heterocycles. The van der Waals surface area contributed by atoms with Crippen LogP contribution in [0.3, 0.4) is 0 Å². The summed E-state index contributed by atoms with van der Waals surface area (Å²) in [6.45, 7) is 0.543. The number of hydrogen-bond donors (Lipinski definition) is 1. The zero-order chi connectivity index (χ0) is 18.7. The molecule has 1 unspecified atom stereocenters. The van der Waals surface area contributed by atoms with E-state index in [0.717, 1.165) is 23.4 Å². The van der Waals surface area contributed by atoms with E-state index < -0.39 is 6.36 Å². The van der Waals surface area contributed by atoms with Gasteiger partial charge in [0, 0.05) is 28.6 Å². The van der Waals surface area contributed by atoms with E-state index >= 15 is 0 Å². The number of alkyl halides is 3. The maximum atomic E-state index is 12.6. The van der Waals surface area contributed by atoms with E-state index in [1.54, 1.807) is 22.7 Å². The van der Waals surface area contributed by atoms with Crippen molar-refractivity contribution in [3.8, 4) is 5.75 Å². The number of halogens is 4. The van der Waals surface area contributed by atoms with E-state index in [1.165, 1.54) is 12.1 Å². The molecule has 1 aliphatic rings. The van der Waals surface area contributed by atoms with Crippen LogP contribution in [-0.2, 0) is 0 Å². The molecule has 1 saturated heterocycles. The lowest BCUT2D eigenvalue weighted by molar-refractivity contribution is -0.274. The van der Waals surface area contributed by atoms with E-state index in [-0.39, 0.29) is 17.2 Å². The summed E-state index contributed by atoms with van der Waals surface area (Å²) >= 11 is 7.83. The zero-order valence-electron chi connectivity index (χ0n) is 13.3. The van der Waals surface area contributed by atoms with Gasteiger partial charge in [0.25, 0.3) is 0 Å². The molecule has 1 atom stereocenters. The van der Waals surface area contributed by atoms with Crippen molar-refractivity contribution in [1.29, 1.82) is 0 Å². The predicted octanol–water partition coefficient (Wildman–Crippen LogP) is 5.52. The number of rotatable bonds is 3. The van der Waals surface area contributed by atoms with Crippen molar-refractivity contribution >= 4 is 35.1 Å². The van der Waals surface area contributed by atoms with Crippen molar-refractivity contribution in [2.45, 2.75) is 11.7 Å². The van der Waals surface area contributed by atoms with Crippen LogP contribution in [0.15, 0.2) is 48.5 Å². The number of thioether (sulfide) groups is 1. The molecular weight excluding hydrogens is 389 g/mol. The Morgan fingerprint density at radius 1 is 1.19 bits per heavy atom. The van der Waals surface area contributed by atoms with Crippen molar-refractivity contribution in [1.82, 2.24) is 4.90 Å². The Bertz CT molecular complexity index is 786. The van der Waals surface area contributed by atoms with Crippen molar-refractivity contribution in [3.63, 3.8) is 0 Å². The number of amides is 2. The molecule has 1 heterocycles. The van der Waals surface area contributed by atoms with Gasteiger partial charge in [-0.3, -0.25) is 0 Å². The Labute approximate surface area is 157 Å². The second-order valence-electron chi connectivity index (χ2n) is 5.44. The van der Waals surface area contributed by atoms with Crippen LogP contribution < -0.4 is 10.1 Å². The lowest BCUT2D eigenvalue weighted by Crippen LogP contribution is -2.34.